The molecule has 1 unspecified atom stereocenters. The summed E-state index contributed by atoms with van der Waals surface area (Å²) >= 11 is 0. The van der Waals surface area contributed by atoms with Crippen LogP contribution in [0, 0.1) is 5.41 Å². The number of amidine groups is 1. The van der Waals surface area contributed by atoms with E-state index in [2.05, 4.69) is 4.99 Å². The summed E-state index contributed by atoms with van der Waals surface area (Å²) in [7, 11) is 0. The molecule has 0 radical (unpaired) electrons. The van der Waals surface area contributed by atoms with E-state index in [1.165, 1.54) is 0 Å². The van der Waals surface area contributed by atoms with Gasteiger partial charge in [-0.15, -0.1) is 0 Å². The quantitative estimate of drug-likeness (QED) is 0.366. The third-order valence-electron chi connectivity index (χ3n) is 2.17. The minimum atomic E-state index is -0.330. The van der Waals surface area contributed by atoms with Crippen molar-refractivity contribution in [1.82, 2.24) is 4.90 Å². The molecule has 0 bridgehead atoms. The zero-order chi connectivity index (χ0) is 10.6. The molecular weight excluding hydrogens is 182 g/mol. The van der Waals surface area contributed by atoms with Gasteiger partial charge in [-0.25, -0.2) is 4.99 Å². The second kappa shape index (κ2) is 4.71. The molecule has 5 N–H and O–H groups in total. The predicted octanol–water partition coefficient (Wildman–Crippen LogP) is -1.10. The van der Waals surface area contributed by atoms with E-state index < -0.39 is 0 Å². The minimum absolute atomic E-state index is 0.0282. The average molecular weight is 197 g/mol. The maximum absolute atomic E-state index is 11.5. The van der Waals surface area contributed by atoms with Crippen molar-refractivity contribution in [3.05, 3.63) is 0 Å². The molecule has 1 rings (SSSR count). The molecule has 1 fully saturated rings. The Morgan fingerprint density at radius 1 is 1.64 bits per heavy atom. The van der Waals surface area contributed by atoms with Crippen LogP contribution in [0.1, 0.15) is 12.8 Å². The molecule has 0 saturated carbocycles. The third-order valence-corrected chi connectivity index (χ3v) is 2.17. The van der Waals surface area contributed by atoms with Crippen LogP contribution in [0.2, 0.25) is 0 Å². The Balaban J connectivity index is 2.59. The van der Waals surface area contributed by atoms with Crippen molar-refractivity contribution in [2.45, 2.75) is 18.9 Å². The largest absolute Gasteiger partial charge is 0.379 e. The number of hydrogen-bond donors (Lipinski definition) is 3. The number of likely N-dealkylation sites (tertiary alicyclic amines) is 1. The minimum Gasteiger partial charge on any atom is -0.379 e. The summed E-state index contributed by atoms with van der Waals surface area (Å²) in [5.41, 5.74) is 11.1. The number of nitrogens with two attached hydrogens (primary N) is 2. The van der Waals surface area contributed by atoms with Gasteiger partial charge in [0.15, 0.2) is 5.84 Å². The van der Waals surface area contributed by atoms with E-state index in [9.17, 15) is 4.79 Å². The normalized spacial score (nSPS) is 23.4. The third kappa shape index (κ3) is 2.53. The summed E-state index contributed by atoms with van der Waals surface area (Å²) in [6.07, 6.45) is 2.59. The highest BCUT2D eigenvalue weighted by Crippen LogP contribution is 2.07. The Hall–Kier alpha value is -1.43. The number of hydrogen-bond acceptors (Lipinski definition) is 3. The number of nitrogens with one attached hydrogen (secondary N) is 1. The topological polar surface area (TPSA) is 109 Å². The molecule has 14 heavy (non-hydrogen) atoms. The van der Waals surface area contributed by atoms with Crippen LogP contribution in [0.3, 0.4) is 0 Å². The van der Waals surface area contributed by atoms with Crippen LogP contribution in [-0.4, -0.2) is 42.1 Å². The summed E-state index contributed by atoms with van der Waals surface area (Å²) in [5, 5.41) is 6.69. The Morgan fingerprint density at radius 2 is 2.36 bits per heavy atom. The van der Waals surface area contributed by atoms with Crippen LogP contribution in [0.5, 0.6) is 0 Å². The molecule has 1 heterocycles. The molecule has 1 atom stereocenters. The van der Waals surface area contributed by atoms with Crippen LogP contribution in [-0.2, 0) is 4.79 Å². The van der Waals surface area contributed by atoms with Gasteiger partial charge < -0.3 is 16.4 Å². The second-order valence-corrected chi connectivity index (χ2v) is 3.30. The fraction of sp³-hybridized carbons (Fsp3) is 0.625. The maximum atomic E-state index is 11.5. The van der Waals surface area contributed by atoms with Crippen molar-refractivity contribution < 1.29 is 4.79 Å². The maximum Gasteiger partial charge on any atom is 0.289 e. The van der Waals surface area contributed by atoms with Gasteiger partial charge in [-0.05, 0) is 12.8 Å². The smallest absolute Gasteiger partial charge is 0.289 e. The van der Waals surface area contributed by atoms with Gasteiger partial charge in [0.05, 0.1) is 0 Å². The SMILES string of the molecule is N=CN=C(N)C(=O)N1CCCC(N)C1. The lowest BCUT2D eigenvalue weighted by Gasteiger charge is -2.30. The van der Waals surface area contributed by atoms with Gasteiger partial charge in [-0.2, -0.15) is 0 Å². The van der Waals surface area contributed by atoms with Gasteiger partial charge in [0.1, 0.15) is 6.34 Å². The van der Waals surface area contributed by atoms with Crippen molar-refractivity contribution in [3.63, 3.8) is 0 Å². The number of nitrogens with zero attached hydrogens (tertiary/aromatic N) is 2. The first-order valence-electron chi connectivity index (χ1n) is 4.52. The highest BCUT2D eigenvalue weighted by atomic mass is 16.2. The van der Waals surface area contributed by atoms with Crippen molar-refractivity contribution in [2.24, 2.45) is 16.5 Å². The van der Waals surface area contributed by atoms with Crippen LogP contribution >= 0.6 is 0 Å². The zero-order valence-electron chi connectivity index (χ0n) is 7.94. The van der Waals surface area contributed by atoms with Crippen LogP contribution in [0.15, 0.2) is 4.99 Å². The van der Waals surface area contributed by atoms with Crippen LogP contribution in [0.25, 0.3) is 0 Å². The van der Waals surface area contributed by atoms with Gasteiger partial charge in [-0.3, -0.25) is 10.2 Å². The Labute approximate surface area is 82.5 Å². The molecule has 6 heteroatoms. The van der Waals surface area contributed by atoms with Crippen molar-refractivity contribution in [2.75, 3.05) is 13.1 Å². The molecule has 0 aromatic carbocycles. The fourth-order valence-corrected chi connectivity index (χ4v) is 1.48. The van der Waals surface area contributed by atoms with Gasteiger partial charge >= 0.3 is 0 Å². The van der Waals surface area contributed by atoms with Gasteiger partial charge in [0.25, 0.3) is 5.91 Å². The number of carbonyl (C=O) groups excluding carboxylic acids is 1. The van der Waals surface area contributed by atoms with Gasteiger partial charge in [0, 0.05) is 19.1 Å². The second-order valence-electron chi connectivity index (χ2n) is 3.30. The first kappa shape index (κ1) is 10.6. The molecule has 1 aliphatic rings. The van der Waals surface area contributed by atoms with Gasteiger partial charge in [-0.1, -0.05) is 0 Å². The zero-order valence-corrected chi connectivity index (χ0v) is 7.94. The van der Waals surface area contributed by atoms with E-state index in [0.29, 0.717) is 13.1 Å². The molecule has 1 amide bonds. The van der Waals surface area contributed by atoms with E-state index in [1.807, 2.05) is 0 Å². The van der Waals surface area contributed by atoms with Crippen LogP contribution in [0.4, 0.5) is 0 Å². The lowest BCUT2D eigenvalue weighted by Crippen LogP contribution is -2.49. The first-order chi connectivity index (χ1) is 6.65. The van der Waals surface area contributed by atoms with Gasteiger partial charge in [0.2, 0.25) is 0 Å². The molecule has 0 spiro atoms. The summed E-state index contributed by atoms with van der Waals surface area (Å²) in [6, 6.07) is 0.0282. The van der Waals surface area contributed by atoms with Crippen LogP contribution < -0.4 is 11.5 Å². The Morgan fingerprint density at radius 3 is 2.93 bits per heavy atom. The number of rotatable bonds is 1. The molecular formula is C8H15N5O. The summed E-state index contributed by atoms with van der Waals surface area (Å²) in [4.78, 5) is 16.6. The average Bonchev–Trinajstić information content (AvgIpc) is 2.17. The van der Waals surface area contributed by atoms with E-state index in [4.69, 9.17) is 16.9 Å². The van der Waals surface area contributed by atoms with E-state index >= 15 is 0 Å². The fourth-order valence-electron chi connectivity index (χ4n) is 1.48. The molecule has 0 aromatic rings. The number of amides is 1. The molecule has 1 aliphatic heterocycles. The predicted molar refractivity (Wildman–Crippen MR) is 54.2 cm³/mol. The van der Waals surface area contributed by atoms with E-state index in [1.54, 1.807) is 4.90 Å². The number of carbonyl (C=O) groups is 1. The monoisotopic (exact) mass is 197 g/mol. The molecule has 0 aromatic heterocycles. The Kier molecular flexibility index (Phi) is 3.58. The van der Waals surface area contributed by atoms with E-state index in [-0.39, 0.29) is 17.8 Å². The molecule has 78 valence electrons. The lowest BCUT2D eigenvalue weighted by molar-refractivity contribution is -0.125. The number of aliphatic imine (C=N–C) groups is 1. The first-order valence-corrected chi connectivity index (χ1v) is 4.52. The highest BCUT2D eigenvalue weighted by molar-refractivity contribution is 6.38. The molecule has 0 aliphatic carbocycles. The molecule has 6 nitrogen and oxygen atoms in total. The molecule has 1 saturated heterocycles. The summed E-state index contributed by atoms with van der Waals surface area (Å²) in [5.74, 6) is -0.474. The van der Waals surface area contributed by atoms with Crippen molar-refractivity contribution in [3.8, 4) is 0 Å². The highest BCUT2D eigenvalue weighted by Gasteiger charge is 2.23. The van der Waals surface area contributed by atoms with E-state index in [0.717, 1.165) is 19.2 Å². The van der Waals surface area contributed by atoms with Crippen molar-refractivity contribution in [1.29, 1.82) is 5.41 Å². The number of piperidine rings is 1. The summed E-state index contributed by atoms with van der Waals surface area (Å²) in [6.45, 7) is 1.19. The Bertz CT molecular complexity index is 262. The lowest BCUT2D eigenvalue weighted by atomic mass is 10.1. The standard InChI is InChI=1S/C8H15N5O/c9-5-12-7(11)8(14)13-3-1-2-6(10)4-13/h5-6H,1-4,10H2,(H3,9,11,12). The summed E-state index contributed by atoms with van der Waals surface area (Å²) < 4.78 is 0. The van der Waals surface area contributed by atoms with Crippen molar-refractivity contribution >= 4 is 18.1 Å².